The molecule has 0 aliphatic heterocycles. The van der Waals surface area contributed by atoms with Gasteiger partial charge >= 0.3 is 5.97 Å². The Morgan fingerprint density at radius 2 is 1.80 bits per heavy atom. The molecule has 5 nitrogen and oxygen atoms in total. The fourth-order valence-corrected chi connectivity index (χ4v) is 3.36. The number of halogens is 2. The van der Waals surface area contributed by atoms with Crippen LogP contribution in [-0.2, 0) is 19.6 Å². The van der Waals surface area contributed by atoms with Crippen LogP contribution in [0, 0.1) is 0 Å². The number of hydrogen-bond donors (Lipinski definition) is 0. The lowest BCUT2D eigenvalue weighted by atomic mass is 10.4. The number of rotatable bonds is 6. The number of nitrogens with zero attached hydrogens (tertiary/aromatic N) is 1. The molecule has 8 heteroatoms. The number of ether oxygens (including phenoxy) is 1. The van der Waals surface area contributed by atoms with Crippen molar-refractivity contribution in [2.75, 3.05) is 20.2 Å². The summed E-state index contributed by atoms with van der Waals surface area (Å²) in [7, 11) is -2.36. The second kappa shape index (κ2) is 7.26. The van der Waals surface area contributed by atoms with E-state index in [1.54, 1.807) is 6.92 Å². The summed E-state index contributed by atoms with van der Waals surface area (Å²) in [6, 6.07) is 4.06. The van der Waals surface area contributed by atoms with E-state index >= 15 is 0 Å². The SMILES string of the molecule is CCOC(=O)CCN(C)S(=O)(=O)c1cc(Cl)cc(Cl)c1. The van der Waals surface area contributed by atoms with Crippen molar-refractivity contribution in [3.63, 3.8) is 0 Å². The summed E-state index contributed by atoms with van der Waals surface area (Å²) >= 11 is 11.6. The van der Waals surface area contributed by atoms with Crippen LogP contribution in [0.3, 0.4) is 0 Å². The Bertz CT molecular complexity index is 569. The van der Waals surface area contributed by atoms with E-state index in [1.807, 2.05) is 0 Å². The number of hydrogen-bond acceptors (Lipinski definition) is 4. The van der Waals surface area contributed by atoms with Crippen LogP contribution < -0.4 is 0 Å². The van der Waals surface area contributed by atoms with Crippen LogP contribution in [0.15, 0.2) is 23.1 Å². The summed E-state index contributed by atoms with van der Waals surface area (Å²) in [5.41, 5.74) is 0. The molecule has 0 aliphatic carbocycles. The maximum absolute atomic E-state index is 12.3. The normalized spacial score (nSPS) is 11.7. The lowest BCUT2D eigenvalue weighted by Crippen LogP contribution is -2.29. The molecular weight excluding hydrogens is 325 g/mol. The molecule has 0 bridgehead atoms. The summed E-state index contributed by atoms with van der Waals surface area (Å²) in [5.74, 6) is -0.446. The van der Waals surface area contributed by atoms with Crippen molar-refractivity contribution in [2.24, 2.45) is 0 Å². The van der Waals surface area contributed by atoms with Gasteiger partial charge in [-0.1, -0.05) is 23.2 Å². The standard InChI is InChI=1S/C12H15Cl2NO4S/c1-3-19-12(16)4-5-15(2)20(17,18)11-7-9(13)6-10(14)8-11/h6-8H,3-5H2,1-2H3. The van der Waals surface area contributed by atoms with E-state index in [0.29, 0.717) is 0 Å². The van der Waals surface area contributed by atoms with Crippen LogP contribution >= 0.6 is 23.2 Å². The van der Waals surface area contributed by atoms with Gasteiger partial charge in [0, 0.05) is 23.6 Å². The molecule has 1 aromatic rings. The molecule has 0 N–H and O–H groups in total. The van der Waals surface area contributed by atoms with Gasteiger partial charge in [-0.25, -0.2) is 12.7 Å². The van der Waals surface area contributed by atoms with Crippen LogP contribution in [0.2, 0.25) is 10.0 Å². The molecule has 0 amide bonds. The molecule has 0 radical (unpaired) electrons. The van der Waals surface area contributed by atoms with E-state index in [4.69, 9.17) is 27.9 Å². The summed E-state index contributed by atoms with van der Waals surface area (Å²) < 4.78 is 30.3. The molecule has 0 unspecified atom stereocenters. The molecular formula is C12H15Cl2NO4S. The number of carbonyl (C=O) groups excluding carboxylic acids is 1. The van der Waals surface area contributed by atoms with Gasteiger partial charge < -0.3 is 4.74 Å². The number of sulfonamides is 1. The minimum Gasteiger partial charge on any atom is -0.466 e. The van der Waals surface area contributed by atoms with Gasteiger partial charge in [0.05, 0.1) is 17.9 Å². The van der Waals surface area contributed by atoms with Crippen LogP contribution in [0.1, 0.15) is 13.3 Å². The van der Waals surface area contributed by atoms with Crippen LogP contribution in [0.4, 0.5) is 0 Å². The Morgan fingerprint density at radius 1 is 1.25 bits per heavy atom. The topological polar surface area (TPSA) is 63.7 Å². The molecule has 0 atom stereocenters. The highest BCUT2D eigenvalue weighted by Crippen LogP contribution is 2.24. The highest BCUT2D eigenvalue weighted by Gasteiger charge is 2.22. The predicted octanol–water partition coefficient (Wildman–Crippen LogP) is 2.57. The first-order valence-electron chi connectivity index (χ1n) is 5.85. The van der Waals surface area contributed by atoms with E-state index in [2.05, 4.69) is 0 Å². The molecule has 112 valence electrons. The smallest absolute Gasteiger partial charge is 0.307 e. The summed E-state index contributed by atoms with van der Waals surface area (Å²) in [6.45, 7) is 1.97. The Kier molecular flexibility index (Phi) is 6.26. The van der Waals surface area contributed by atoms with Crippen LogP contribution in [0.25, 0.3) is 0 Å². The van der Waals surface area contributed by atoms with Gasteiger partial charge in [-0.05, 0) is 25.1 Å². The maximum atomic E-state index is 12.3. The molecule has 0 heterocycles. The second-order valence-corrected chi connectivity index (χ2v) is 6.90. The highest BCUT2D eigenvalue weighted by molar-refractivity contribution is 7.89. The molecule has 0 aromatic heterocycles. The zero-order chi connectivity index (χ0) is 15.3. The monoisotopic (exact) mass is 339 g/mol. The maximum Gasteiger partial charge on any atom is 0.307 e. The largest absolute Gasteiger partial charge is 0.466 e. The third-order valence-electron chi connectivity index (χ3n) is 2.48. The third kappa shape index (κ3) is 4.63. The first-order chi connectivity index (χ1) is 9.27. The van der Waals surface area contributed by atoms with Crippen LogP contribution in [-0.4, -0.2) is 38.9 Å². The number of carbonyl (C=O) groups is 1. The minimum atomic E-state index is -3.74. The molecule has 1 aromatic carbocycles. The van der Waals surface area contributed by atoms with Crippen molar-refractivity contribution in [3.8, 4) is 0 Å². The quantitative estimate of drug-likeness (QED) is 0.747. The van der Waals surface area contributed by atoms with Gasteiger partial charge in [-0.3, -0.25) is 4.79 Å². The van der Waals surface area contributed by atoms with Crippen molar-refractivity contribution in [1.82, 2.24) is 4.31 Å². The van der Waals surface area contributed by atoms with Gasteiger partial charge in [0.1, 0.15) is 0 Å². The van der Waals surface area contributed by atoms with E-state index in [0.717, 1.165) is 4.31 Å². The molecule has 0 saturated heterocycles. The van der Waals surface area contributed by atoms with Crippen molar-refractivity contribution < 1.29 is 17.9 Å². The average molecular weight is 340 g/mol. The summed E-state index contributed by atoms with van der Waals surface area (Å²) in [5, 5.41) is 0.463. The van der Waals surface area contributed by atoms with E-state index < -0.39 is 16.0 Å². The molecule has 0 fully saturated rings. The zero-order valence-electron chi connectivity index (χ0n) is 11.1. The zero-order valence-corrected chi connectivity index (χ0v) is 13.4. The Morgan fingerprint density at radius 3 is 2.30 bits per heavy atom. The fraction of sp³-hybridized carbons (Fsp3) is 0.417. The van der Waals surface area contributed by atoms with Crippen molar-refractivity contribution in [2.45, 2.75) is 18.2 Å². The number of esters is 1. The summed E-state index contributed by atoms with van der Waals surface area (Å²) in [6.07, 6.45) is -0.0160. The van der Waals surface area contributed by atoms with Gasteiger partial charge in [0.25, 0.3) is 0 Å². The predicted molar refractivity (Wildman–Crippen MR) is 77.5 cm³/mol. The summed E-state index contributed by atoms with van der Waals surface area (Å²) in [4.78, 5) is 11.2. The Hall–Kier alpha value is -0.820. The number of benzene rings is 1. The lowest BCUT2D eigenvalue weighted by molar-refractivity contribution is -0.143. The van der Waals surface area contributed by atoms with E-state index in [1.165, 1.54) is 25.2 Å². The lowest BCUT2D eigenvalue weighted by Gasteiger charge is -2.17. The van der Waals surface area contributed by atoms with Crippen molar-refractivity contribution in [3.05, 3.63) is 28.2 Å². The second-order valence-electron chi connectivity index (χ2n) is 3.99. The van der Waals surface area contributed by atoms with E-state index in [-0.39, 0.29) is 34.5 Å². The fourth-order valence-electron chi connectivity index (χ4n) is 1.46. The molecule has 0 aliphatic rings. The van der Waals surface area contributed by atoms with E-state index in [9.17, 15) is 13.2 Å². The van der Waals surface area contributed by atoms with Gasteiger partial charge in [0.15, 0.2) is 0 Å². The molecule has 20 heavy (non-hydrogen) atoms. The van der Waals surface area contributed by atoms with Gasteiger partial charge in [-0.15, -0.1) is 0 Å². The molecule has 0 spiro atoms. The molecule has 1 rings (SSSR count). The first kappa shape index (κ1) is 17.2. The van der Waals surface area contributed by atoms with Gasteiger partial charge in [0.2, 0.25) is 10.0 Å². The molecule has 0 saturated carbocycles. The third-order valence-corrected chi connectivity index (χ3v) is 4.75. The van der Waals surface area contributed by atoms with Crippen molar-refractivity contribution in [1.29, 1.82) is 0 Å². The van der Waals surface area contributed by atoms with Crippen molar-refractivity contribution >= 4 is 39.2 Å². The Labute approximate surface area is 128 Å². The van der Waals surface area contributed by atoms with Crippen LogP contribution in [0.5, 0.6) is 0 Å². The average Bonchev–Trinajstić information content (AvgIpc) is 2.35. The first-order valence-corrected chi connectivity index (χ1v) is 8.05. The highest BCUT2D eigenvalue weighted by atomic mass is 35.5. The van der Waals surface area contributed by atoms with Gasteiger partial charge in [-0.2, -0.15) is 0 Å². The Balaban J connectivity index is 2.84. The minimum absolute atomic E-state index is 0.0126.